The van der Waals surface area contributed by atoms with E-state index in [1.165, 1.54) is 23.5 Å². The van der Waals surface area contributed by atoms with Crippen LogP contribution in [-0.2, 0) is 17.6 Å². The van der Waals surface area contributed by atoms with E-state index in [0.717, 1.165) is 10.2 Å². The summed E-state index contributed by atoms with van der Waals surface area (Å²) < 4.78 is 14.9. The van der Waals surface area contributed by atoms with Crippen LogP contribution in [0.5, 0.6) is 0 Å². The van der Waals surface area contributed by atoms with E-state index in [0.29, 0.717) is 35.2 Å². The number of carbonyl (C=O) groups excluding carboxylic acids is 2. The molecule has 0 bridgehead atoms. The predicted octanol–water partition coefficient (Wildman–Crippen LogP) is 2.67. The average Bonchev–Trinajstić information content (AvgIpc) is 3.25. The molecular formula is C26H26FN5O3. The third-order valence-electron chi connectivity index (χ3n) is 5.66. The number of aryl methyl sites for hydroxylation is 1. The minimum absolute atomic E-state index is 0.242. The van der Waals surface area contributed by atoms with Crippen molar-refractivity contribution in [3.63, 3.8) is 0 Å². The molecule has 0 radical (unpaired) electrons. The Morgan fingerprint density at radius 1 is 1.34 bits per heavy atom. The quantitative estimate of drug-likeness (QED) is 0.448. The number of hydrogen-bond donors (Lipinski definition) is 2. The van der Waals surface area contributed by atoms with E-state index in [2.05, 4.69) is 27.2 Å². The minimum Gasteiger partial charge on any atom is -0.378 e. The molecule has 3 aromatic rings. The van der Waals surface area contributed by atoms with Crippen LogP contribution in [0.25, 0.3) is 0 Å². The second-order valence-corrected chi connectivity index (χ2v) is 9.01. The first-order valence-electron chi connectivity index (χ1n) is 11.2. The maximum atomic E-state index is 13.8. The molecule has 3 heterocycles. The average molecular weight is 476 g/mol. The zero-order chi connectivity index (χ0) is 25.2. The summed E-state index contributed by atoms with van der Waals surface area (Å²) in [4.78, 5) is 31.1. The van der Waals surface area contributed by atoms with Gasteiger partial charge in [0, 0.05) is 42.7 Å². The largest absolute Gasteiger partial charge is 0.378 e. The Morgan fingerprint density at radius 2 is 2.14 bits per heavy atom. The Kier molecular flexibility index (Phi) is 6.67. The lowest BCUT2D eigenvalue weighted by molar-refractivity contribution is -0.120. The Morgan fingerprint density at radius 3 is 2.89 bits per heavy atom. The van der Waals surface area contributed by atoms with Crippen molar-refractivity contribution >= 4 is 17.6 Å². The molecule has 0 saturated heterocycles. The Bertz CT molecular complexity index is 1330. The fourth-order valence-corrected chi connectivity index (χ4v) is 3.85. The lowest BCUT2D eigenvalue weighted by Gasteiger charge is -2.22. The first-order chi connectivity index (χ1) is 16.6. The zero-order valence-electron chi connectivity index (χ0n) is 19.7. The van der Waals surface area contributed by atoms with Crippen LogP contribution in [0, 0.1) is 17.8 Å². The number of fused-ring (bicyclic) bond motifs is 1. The third-order valence-corrected chi connectivity index (χ3v) is 5.66. The number of nitrogens with zero attached hydrogens (tertiary/aromatic N) is 4. The van der Waals surface area contributed by atoms with Gasteiger partial charge in [0.1, 0.15) is 11.6 Å². The van der Waals surface area contributed by atoms with Crippen LogP contribution in [0.1, 0.15) is 42.5 Å². The van der Waals surface area contributed by atoms with E-state index in [4.69, 9.17) is 0 Å². The van der Waals surface area contributed by atoms with E-state index < -0.39 is 23.6 Å². The second-order valence-electron chi connectivity index (χ2n) is 9.01. The predicted molar refractivity (Wildman–Crippen MR) is 128 cm³/mol. The minimum atomic E-state index is -1.12. The van der Waals surface area contributed by atoms with Crippen LogP contribution in [0.2, 0.25) is 0 Å². The molecule has 1 aliphatic rings. The number of carbonyl (C=O) groups is 2. The Balaban J connectivity index is 1.46. The van der Waals surface area contributed by atoms with Crippen molar-refractivity contribution in [2.24, 2.45) is 0 Å². The van der Waals surface area contributed by atoms with Crippen LogP contribution < -0.4 is 10.2 Å². The third kappa shape index (κ3) is 5.73. The Labute approximate surface area is 202 Å². The van der Waals surface area contributed by atoms with Crippen molar-refractivity contribution in [2.75, 3.05) is 11.9 Å². The highest BCUT2D eigenvalue weighted by atomic mass is 19.1. The highest BCUT2D eigenvalue weighted by Gasteiger charge is 2.30. The van der Waals surface area contributed by atoms with E-state index in [9.17, 15) is 19.1 Å². The number of halogens is 1. The molecule has 4 rings (SSSR count). The lowest BCUT2D eigenvalue weighted by atomic mass is 10.0. The van der Waals surface area contributed by atoms with E-state index >= 15 is 0 Å². The van der Waals surface area contributed by atoms with Crippen LogP contribution in [0.15, 0.2) is 48.9 Å². The van der Waals surface area contributed by atoms with Gasteiger partial charge in [0.05, 0.1) is 6.20 Å². The van der Waals surface area contributed by atoms with Crippen LogP contribution in [-0.4, -0.2) is 50.5 Å². The van der Waals surface area contributed by atoms with Crippen molar-refractivity contribution in [3.8, 4) is 11.8 Å². The van der Waals surface area contributed by atoms with Gasteiger partial charge in [0.15, 0.2) is 0 Å². The molecule has 2 N–H and O–H groups in total. The normalized spacial score (nSPS) is 15.6. The molecule has 0 fully saturated rings. The SMILES string of the molecule is CN1C(=O)C(NC(=O)n2cc(Cc3cccnc3F)cn2)CCc2ccc(C#CC(C)(C)O)cc21. The summed E-state index contributed by atoms with van der Waals surface area (Å²) in [5.41, 5.74) is 2.28. The monoisotopic (exact) mass is 475 g/mol. The topological polar surface area (TPSA) is 100 Å². The van der Waals surface area contributed by atoms with Gasteiger partial charge in [-0.15, -0.1) is 0 Å². The van der Waals surface area contributed by atoms with Gasteiger partial charge in [-0.3, -0.25) is 4.79 Å². The maximum absolute atomic E-state index is 13.8. The molecule has 1 atom stereocenters. The van der Waals surface area contributed by atoms with Gasteiger partial charge in [-0.25, -0.2) is 9.78 Å². The first kappa shape index (κ1) is 24.1. The number of likely N-dealkylation sites (N-methyl/N-ethyl adjacent to an activating group) is 1. The van der Waals surface area contributed by atoms with Crippen molar-refractivity contribution in [3.05, 3.63) is 77.1 Å². The number of aromatic nitrogens is 3. The smallest absolute Gasteiger partial charge is 0.342 e. The zero-order valence-corrected chi connectivity index (χ0v) is 19.7. The molecule has 1 aliphatic heterocycles. The fourth-order valence-electron chi connectivity index (χ4n) is 3.85. The van der Waals surface area contributed by atoms with Crippen molar-refractivity contribution in [2.45, 2.75) is 44.8 Å². The van der Waals surface area contributed by atoms with Gasteiger partial charge in [0.2, 0.25) is 11.9 Å². The summed E-state index contributed by atoms with van der Waals surface area (Å²) >= 11 is 0. The molecule has 180 valence electrons. The van der Waals surface area contributed by atoms with Gasteiger partial charge < -0.3 is 15.3 Å². The first-order valence-corrected chi connectivity index (χ1v) is 11.2. The second kappa shape index (κ2) is 9.68. The molecule has 1 aromatic carbocycles. The highest BCUT2D eigenvalue weighted by Crippen LogP contribution is 2.27. The number of rotatable bonds is 3. The number of hydrogen-bond acceptors (Lipinski definition) is 5. The lowest BCUT2D eigenvalue weighted by Crippen LogP contribution is -2.48. The van der Waals surface area contributed by atoms with E-state index in [1.54, 1.807) is 33.0 Å². The van der Waals surface area contributed by atoms with Crippen molar-refractivity contribution in [1.82, 2.24) is 20.1 Å². The highest BCUT2D eigenvalue weighted by molar-refractivity contribution is 6.00. The summed E-state index contributed by atoms with van der Waals surface area (Å²) in [6.45, 7) is 3.21. The van der Waals surface area contributed by atoms with Crippen LogP contribution in [0.4, 0.5) is 14.9 Å². The van der Waals surface area contributed by atoms with Gasteiger partial charge in [-0.2, -0.15) is 14.2 Å². The number of pyridine rings is 1. The molecule has 2 aromatic heterocycles. The maximum Gasteiger partial charge on any atom is 0.342 e. The molecule has 8 nitrogen and oxygen atoms in total. The molecule has 1 unspecified atom stereocenters. The number of amides is 2. The van der Waals surface area contributed by atoms with Crippen LogP contribution >= 0.6 is 0 Å². The van der Waals surface area contributed by atoms with Gasteiger partial charge >= 0.3 is 6.03 Å². The summed E-state index contributed by atoms with van der Waals surface area (Å²) in [6.07, 6.45) is 5.62. The standard InChI is InChI=1S/C26H26FN5O3/c1-26(2,35)11-10-17-6-7-19-8-9-21(24(33)31(3)22(19)14-17)30-25(34)32-16-18(15-29-32)13-20-5-4-12-28-23(20)27/h4-7,12,14-16,21,35H,8-9,13H2,1-3H3,(H,30,34). The fraction of sp³-hybridized carbons (Fsp3) is 0.308. The molecule has 35 heavy (non-hydrogen) atoms. The van der Waals surface area contributed by atoms with Gasteiger partial charge in [0.25, 0.3) is 0 Å². The molecule has 2 amide bonds. The van der Waals surface area contributed by atoms with E-state index in [1.807, 2.05) is 18.2 Å². The van der Waals surface area contributed by atoms with Crippen molar-refractivity contribution < 1.29 is 19.1 Å². The van der Waals surface area contributed by atoms with Crippen LogP contribution in [0.3, 0.4) is 0 Å². The Hall–Kier alpha value is -4.03. The molecular weight excluding hydrogens is 449 g/mol. The van der Waals surface area contributed by atoms with Gasteiger partial charge in [-0.05, 0) is 56.0 Å². The molecule has 0 saturated carbocycles. The van der Waals surface area contributed by atoms with Gasteiger partial charge in [-0.1, -0.05) is 24.0 Å². The molecule has 9 heteroatoms. The number of anilines is 1. The summed E-state index contributed by atoms with van der Waals surface area (Å²) in [6, 6.07) is 7.56. The molecule has 0 aliphatic carbocycles. The summed E-state index contributed by atoms with van der Waals surface area (Å²) in [7, 11) is 1.66. The van der Waals surface area contributed by atoms with E-state index in [-0.39, 0.29) is 12.3 Å². The number of benzene rings is 1. The molecule has 0 spiro atoms. The van der Waals surface area contributed by atoms with Crippen molar-refractivity contribution in [1.29, 1.82) is 0 Å². The number of aliphatic hydroxyl groups is 1. The summed E-state index contributed by atoms with van der Waals surface area (Å²) in [5.74, 6) is 4.88. The number of nitrogens with one attached hydrogen (secondary N) is 1. The summed E-state index contributed by atoms with van der Waals surface area (Å²) in [5, 5.41) is 16.7.